The molecule has 9 heteroatoms. The lowest BCUT2D eigenvalue weighted by atomic mass is 10.2. The van der Waals surface area contributed by atoms with E-state index >= 15 is 0 Å². The zero-order valence-corrected chi connectivity index (χ0v) is 16.7. The van der Waals surface area contributed by atoms with Crippen molar-refractivity contribution < 1.29 is 19.1 Å². The Morgan fingerprint density at radius 1 is 0.967 bits per heavy atom. The van der Waals surface area contributed by atoms with Crippen molar-refractivity contribution in [2.24, 2.45) is 0 Å². The van der Waals surface area contributed by atoms with E-state index in [0.29, 0.717) is 47.5 Å². The van der Waals surface area contributed by atoms with Crippen LogP contribution in [0.1, 0.15) is 27.4 Å². The Bertz CT molecular complexity index is 1130. The summed E-state index contributed by atoms with van der Waals surface area (Å²) in [6.45, 7) is 0.663. The number of aromatic amines is 1. The molecule has 3 N–H and O–H groups in total. The molecule has 2 amide bonds. The maximum atomic E-state index is 12.2. The van der Waals surface area contributed by atoms with Gasteiger partial charge in [0.15, 0.2) is 17.3 Å². The molecule has 9 nitrogen and oxygen atoms in total. The molecule has 0 atom stereocenters. The number of H-pyrrole nitrogens is 1. The number of carbonyl (C=O) groups excluding carboxylic acids is 2. The predicted molar refractivity (Wildman–Crippen MR) is 111 cm³/mol. The van der Waals surface area contributed by atoms with Crippen LogP contribution in [0.15, 0.2) is 47.3 Å². The molecule has 156 valence electrons. The molecule has 0 aliphatic heterocycles. The maximum Gasteiger partial charge on any atom is 0.287 e. The topological polar surface area (TPSA) is 122 Å². The minimum absolute atomic E-state index is 0.0481. The van der Waals surface area contributed by atoms with Gasteiger partial charge in [0.05, 0.1) is 25.1 Å². The number of benzene rings is 2. The highest BCUT2D eigenvalue weighted by Gasteiger charge is 2.12. The molecule has 3 aromatic rings. The van der Waals surface area contributed by atoms with Gasteiger partial charge in [-0.1, -0.05) is 12.1 Å². The predicted octanol–water partition coefficient (Wildman–Crippen LogP) is 1.49. The highest BCUT2D eigenvalue weighted by atomic mass is 16.5. The van der Waals surface area contributed by atoms with Crippen molar-refractivity contribution in [3.05, 3.63) is 64.2 Å². The average Bonchev–Trinajstić information content (AvgIpc) is 2.78. The summed E-state index contributed by atoms with van der Waals surface area (Å²) in [6.07, 6.45) is 0.503. The fourth-order valence-electron chi connectivity index (χ4n) is 2.85. The molecule has 0 unspecified atom stereocenters. The first-order chi connectivity index (χ1) is 14.5. The van der Waals surface area contributed by atoms with Crippen LogP contribution in [-0.2, 0) is 0 Å². The summed E-state index contributed by atoms with van der Waals surface area (Å²) in [5.74, 6) is 0.214. The van der Waals surface area contributed by atoms with E-state index in [-0.39, 0.29) is 17.3 Å². The van der Waals surface area contributed by atoms with Gasteiger partial charge in [0.1, 0.15) is 0 Å². The third-order valence-corrected chi connectivity index (χ3v) is 4.40. The second-order valence-corrected chi connectivity index (χ2v) is 6.37. The fourth-order valence-corrected chi connectivity index (χ4v) is 2.85. The Balaban J connectivity index is 1.49. The minimum atomic E-state index is -0.482. The van der Waals surface area contributed by atoms with E-state index in [4.69, 9.17) is 9.47 Å². The summed E-state index contributed by atoms with van der Waals surface area (Å²) < 4.78 is 10.3. The molecule has 0 bridgehead atoms. The van der Waals surface area contributed by atoms with Gasteiger partial charge in [-0.25, -0.2) is 4.98 Å². The van der Waals surface area contributed by atoms with E-state index in [1.54, 1.807) is 42.5 Å². The summed E-state index contributed by atoms with van der Waals surface area (Å²) >= 11 is 0. The van der Waals surface area contributed by atoms with E-state index in [0.717, 1.165) is 0 Å². The quantitative estimate of drug-likeness (QED) is 0.484. The Hall–Kier alpha value is -3.88. The number of amides is 2. The Labute approximate surface area is 172 Å². The van der Waals surface area contributed by atoms with Gasteiger partial charge in [0.2, 0.25) is 0 Å². The first kappa shape index (κ1) is 20.8. The number of rotatable bonds is 8. The zero-order chi connectivity index (χ0) is 21.5. The highest BCUT2D eigenvalue weighted by molar-refractivity contribution is 5.95. The lowest BCUT2D eigenvalue weighted by molar-refractivity contribution is 0.0942. The second kappa shape index (κ2) is 9.55. The van der Waals surface area contributed by atoms with E-state index in [1.165, 1.54) is 14.2 Å². The average molecular weight is 410 g/mol. The minimum Gasteiger partial charge on any atom is -0.493 e. The molecular weight excluding hydrogens is 388 g/mol. The number of hydrogen-bond donors (Lipinski definition) is 3. The van der Waals surface area contributed by atoms with Crippen LogP contribution in [0, 0.1) is 0 Å². The van der Waals surface area contributed by atoms with Crippen molar-refractivity contribution in [2.75, 3.05) is 27.3 Å². The van der Waals surface area contributed by atoms with E-state index in [2.05, 4.69) is 20.6 Å². The van der Waals surface area contributed by atoms with E-state index in [9.17, 15) is 14.4 Å². The van der Waals surface area contributed by atoms with Crippen molar-refractivity contribution in [1.29, 1.82) is 0 Å². The van der Waals surface area contributed by atoms with Gasteiger partial charge < -0.3 is 25.1 Å². The zero-order valence-electron chi connectivity index (χ0n) is 16.7. The molecule has 3 rings (SSSR count). The molecule has 2 aromatic carbocycles. The number of nitrogens with zero attached hydrogens (tertiary/aromatic N) is 1. The number of para-hydroxylation sites is 1. The monoisotopic (exact) mass is 410 g/mol. The van der Waals surface area contributed by atoms with Crippen LogP contribution in [0.2, 0.25) is 0 Å². The normalized spacial score (nSPS) is 10.5. The SMILES string of the molecule is COc1ccc(C(=O)NCCCNC(=O)c2nc3ccccc3c(=O)[nH]2)cc1OC. The van der Waals surface area contributed by atoms with Crippen molar-refractivity contribution >= 4 is 22.7 Å². The number of fused-ring (bicyclic) bond motifs is 1. The Morgan fingerprint density at radius 2 is 1.67 bits per heavy atom. The van der Waals surface area contributed by atoms with Crippen LogP contribution in [-0.4, -0.2) is 49.1 Å². The molecule has 0 spiro atoms. The Morgan fingerprint density at radius 3 is 2.40 bits per heavy atom. The summed E-state index contributed by atoms with van der Waals surface area (Å²) in [4.78, 5) is 43.2. The molecule has 0 radical (unpaired) electrons. The lowest BCUT2D eigenvalue weighted by Gasteiger charge is -2.10. The van der Waals surface area contributed by atoms with Gasteiger partial charge in [0.25, 0.3) is 17.4 Å². The molecule has 0 saturated carbocycles. The van der Waals surface area contributed by atoms with Crippen molar-refractivity contribution in [2.45, 2.75) is 6.42 Å². The molecule has 0 saturated heterocycles. The summed E-state index contributed by atoms with van der Waals surface area (Å²) in [7, 11) is 3.02. The van der Waals surface area contributed by atoms with Gasteiger partial charge in [-0.2, -0.15) is 0 Å². The first-order valence-electron chi connectivity index (χ1n) is 9.31. The number of carbonyl (C=O) groups is 2. The highest BCUT2D eigenvalue weighted by Crippen LogP contribution is 2.27. The van der Waals surface area contributed by atoms with Gasteiger partial charge >= 0.3 is 0 Å². The van der Waals surface area contributed by atoms with Crippen LogP contribution in [0.25, 0.3) is 10.9 Å². The summed E-state index contributed by atoms with van der Waals surface area (Å²) in [6, 6.07) is 11.7. The maximum absolute atomic E-state index is 12.2. The number of aromatic nitrogens is 2. The van der Waals surface area contributed by atoms with Crippen LogP contribution in [0.4, 0.5) is 0 Å². The van der Waals surface area contributed by atoms with Crippen molar-refractivity contribution in [3.63, 3.8) is 0 Å². The molecule has 0 fully saturated rings. The van der Waals surface area contributed by atoms with Crippen LogP contribution < -0.4 is 25.7 Å². The molecule has 0 aliphatic rings. The molecular formula is C21H22N4O5. The Kier molecular flexibility index (Phi) is 6.63. The lowest BCUT2D eigenvalue weighted by Crippen LogP contribution is -2.31. The second-order valence-electron chi connectivity index (χ2n) is 6.37. The van der Waals surface area contributed by atoms with E-state index < -0.39 is 5.91 Å². The van der Waals surface area contributed by atoms with Crippen molar-refractivity contribution in [1.82, 2.24) is 20.6 Å². The van der Waals surface area contributed by atoms with Crippen LogP contribution in [0.5, 0.6) is 11.5 Å². The third kappa shape index (κ3) is 4.75. The van der Waals surface area contributed by atoms with Gasteiger partial charge in [-0.3, -0.25) is 14.4 Å². The van der Waals surface area contributed by atoms with Gasteiger partial charge in [-0.15, -0.1) is 0 Å². The molecule has 30 heavy (non-hydrogen) atoms. The standard InChI is InChI=1S/C21H22N4O5/c1-29-16-9-8-13(12-17(16)30-2)19(26)22-10-5-11-23-21(28)18-24-15-7-4-3-6-14(15)20(27)25-18/h3-4,6-9,12H,5,10-11H2,1-2H3,(H,22,26)(H,23,28)(H,24,25,27). The van der Waals surface area contributed by atoms with Crippen molar-refractivity contribution in [3.8, 4) is 11.5 Å². The van der Waals surface area contributed by atoms with Gasteiger partial charge in [0, 0.05) is 18.7 Å². The number of nitrogens with one attached hydrogen (secondary N) is 3. The number of ether oxygens (including phenoxy) is 2. The summed E-state index contributed by atoms with van der Waals surface area (Å²) in [5.41, 5.74) is 0.524. The van der Waals surface area contributed by atoms with Crippen LogP contribution in [0.3, 0.4) is 0 Å². The third-order valence-electron chi connectivity index (χ3n) is 4.40. The first-order valence-corrected chi connectivity index (χ1v) is 9.31. The smallest absolute Gasteiger partial charge is 0.287 e. The van der Waals surface area contributed by atoms with Crippen LogP contribution >= 0.6 is 0 Å². The number of methoxy groups -OCH3 is 2. The van der Waals surface area contributed by atoms with Gasteiger partial charge in [-0.05, 0) is 36.8 Å². The number of hydrogen-bond acceptors (Lipinski definition) is 6. The largest absolute Gasteiger partial charge is 0.493 e. The molecule has 0 aliphatic carbocycles. The molecule has 1 aromatic heterocycles. The summed E-state index contributed by atoms with van der Waals surface area (Å²) in [5, 5.41) is 5.88. The van der Waals surface area contributed by atoms with E-state index in [1.807, 2.05) is 0 Å². The fraction of sp³-hybridized carbons (Fsp3) is 0.238. The molecule has 1 heterocycles.